The van der Waals surface area contributed by atoms with Gasteiger partial charge in [-0.25, -0.2) is 4.39 Å². The molecule has 1 atom stereocenters. The number of carbonyl (C=O) groups is 1. The molecule has 0 saturated heterocycles. The van der Waals surface area contributed by atoms with Gasteiger partial charge in [0.1, 0.15) is 5.82 Å². The Morgan fingerprint density at radius 2 is 1.86 bits per heavy atom. The third kappa shape index (κ3) is 4.05. The maximum atomic E-state index is 13.9. The Labute approximate surface area is 124 Å². The normalized spacial score (nSPS) is 11.8. The van der Waals surface area contributed by atoms with Crippen molar-refractivity contribution in [3.63, 3.8) is 0 Å². The largest absolute Gasteiger partial charge is 0.378 e. The Kier molecular flexibility index (Phi) is 4.93. The number of anilines is 2. The molecule has 0 radical (unpaired) electrons. The lowest BCUT2D eigenvalue weighted by Gasteiger charge is -2.20. The van der Waals surface area contributed by atoms with Crippen LogP contribution >= 0.6 is 0 Å². The van der Waals surface area contributed by atoms with Crippen LogP contribution in [0.2, 0.25) is 0 Å². The number of rotatable bonds is 5. The Morgan fingerprint density at radius 1 is 1.14 bits per heavy atom. The summed E-state index contributed by atoms with van der Waals surface area (Å²) in [6.07, 6.45) is 0.755. The number of amides is 1. The van der Waals surface area contributed by atoms with Gasteiger partial charge in [0.15, 0.2) is 0 Å². The smallest absolute Gasteiger partial charge is 0.221 e. The molecular weight excluding hydrogens is 267 g/mol. The maximum Gasteiger partial charge on any atom is 0.221 e. The number of halogens is 1. The molecule has 0 aliphatic carbocycles. The summed E-state index contributed by atoms with van der Waals surface area (Å²) >= 11 is 0. The predicted octanol–water partition coefficient (Wildman–Crippen LogP) is 4.35. The number of hydrogen-bond donors (Lipinski definition) is 2. The second-order valence-corrected chi connectivity index (χ2v) is 4.89. The zero-order chi connectivity index (χ0) is 15.2. The standard InChI is InChI=1S/C17H19FN2O/c1-3-17(15-9-4-5-10-16(15)18)20-14-8-6-7-13(11-14)19-12(2)21/h4-11,17,20H,3H2,1-2H3,(H,19,21). The molecule has 2 aromatic carbocycles. The minimum atomic E-state index is -0.213. The molecule has 21 heavy (non-hydrogen) atoms. The van der Waals surface area contributed by atoms with E-state index in [0.29, 0.717) is 5.56 Å². The fourth-order valence-electron chi connectivity index (χ4n) is 2.25. The summed E-state index contributed by atoms with van der Waals surface area (Å²) in [5, 5.41) is 6.04. The van der Waals surface area contributed by atoms with Crippen molar-refractivity contribution in [1.29, 1.82) is 0 Å². The van der Waals surface area contributed by atoms with Crippen LogP contribution in [0.4, 0.5) is 15.8 Å². The zero-order valence-corrected chi connectivity index (χ0v) is 12.2. The highest BCUT2D eigenvalue weighted by atomic mass is 19.1. The van der Waals surface area contributed by atoms with E-state index < -0.39 is 0 Å². The lowest BCUT2D eigenvalue weighted by atomic mass is 10.0. The highest BCUT2D eigenvalue weighted by Gasteiger charge is 2.13. The topological polar surface area (TPSA) is 41.1 Å². The molecule has 0 bridgehead atoms. The van der Waals surface area contributed by atoms with E-state index in [1.54, 1.807) is 12.1 Å². The van der Waals surface area contributed by atoms with E-state index in [1.807, 2.05) is 37.3 Å². The molecule has 0 saturated carbocycles. The van der Waals surface area contributed by atoms with Crippen molar-refractivity contribution in [3.8, 4) is 0 Å². The summed E-state index contributed by atoms with van der Waals surface area (Å²) in [5.74, 6) is -0.330. The number of carbonyl (C=O) groups excluding carboxylic acids is 1. The van der Waals surface area contributed by atoms with Crippen molar-refractivity contribution in [2.24, 2.45) is 0 Å². The summed E-state index contributed by atoms with van der Waals surface area (Å²) in [7, 11) is 0. The first-order valence-electron chi connectivity index (χ1n) is 6.98. The van der Waals surface area contributed by atoms with E-state index >= 15 is 0 Å². The van der Waals surface area contributed by atoms with Crippen molar-refractivity contribution >= 4 is 17.3 Å². The van der Waals surface area contributed by atoms with Crippen LogP contribution in [-0.4, -0.2) is 5.91 Å². The van der Waals surface area contributed by atoms with Crippen LogP contribution in [0, 0.1) is 5.82 Å². The van der Waals surface area contributed by atoms with Gasteiger partial charge in [-0.1, -0.05) is 31.2 Å². The SMILES string of the molecule is CCC(Nc1cccc(NC(C)=O)c1)c1ccccc1F. The molecule has 2 rings (SSSR count). The number of hydrogen-bond acceptors (Lipinski definition) is 2. The van der Waals surface area contributed by atoms with Gasteiger partial charge in [0.2, 0.25) is 5.91 Å². The Balaban J connectivity index is 2.19. The van der Waals surface area contributed by atoms with Gasteiger partial charge in [0, 0.05) is 23.9 Å². The van der Waals surface area contributed by atoms with Gasteiger partial charge in [0.05, 0.1) is 6.04 Å². The van der Waals surface area contributed by atoms with E-state index in [9.17, 15) is 9.18 Å². The summed E-state index contributed by atoms with van der Waals surface area (Å²) < 4.78 is 13.9. The third-order valence-electron chi connectivity index (χ3n) is 3.21. The second kappa shape index (κ2) is 6.88. The molecule has 3 nitrogen and oxygen atoms in total. The van der Waals surface area contributed by atoms with Crippen molar-refractivity contribution in [1.82, 2.24) is 0 Å². The molecule has 0 aliphatic heterocycles. The minimum absolute atomic E-state index is 0.112. The molecule has 0 heterocycles. The van der Waals surface area contributed by atoms with Crippen LogP contribution < -0.4 is 10.6 Å². The van der Waals surface area contributed by atoms with Crippen molar-refractivity contribution in [3.05, 3.63) is 59.9 Å². The molecule has 1 amide bonds. The fourth-order valence-corrected chi connectivity index (χ4v) is 2.25. The Bertz CT molecular complexity index is 628. The molecule has 110 valence electrons. The molecule has 0 fully saturated rings. The van der Waals surface area contributed by atoms with Crippen LogP contribution in [0.3, 0.4) is 0 Å². The molecule has 4 heteroatoms. The maximum absolute atomic E-state index is 13.9. The van der Waals surface area contributed by atoms with Crippen LogP contribution in [-0.2, 0) is 4.79 Å². The van der Waals surface area contributed by atoms with Crippen LogP contribution in [0.1, 0.15) is 31.9 Å². The van der Waals surface area contributed by atoms with Crippen LogP contribution in [0.5, 0.6) is 0 Å². The van der Waals surface area contributed by atoms with Crippen LogP contribution in [0.15, 0.2) is 48.5 Å². The first-order chi connectivity index (χ1) is 10.1. The van der Waals surface area contributed by atoms with Crippen molar-refractivity contribution < 1.29 is 9.18 Å². The van der Waals surface area contributed by atoms with Crippen molar-refractivity contribution in [2.45, 2.75) is 26.3 Å². The minimum Gasteiger partial charge on any atom is -0.378 e. The first-order valence-corrected chi connectivity index (χ1v) is 6.98. The summed E-state index contributed by atoms with van der Waals surface area (Å²) in [6, 6.07) is 14.1. The van der Waals surface area contributed by atoms with Gasteiger partial charge in [0.25, 0.3) is 0 Å². The highest BCUT2D eigenvalue weighted by Crippen LogP contribution is 2.26. The molecule has 0 aliphatic rings. The molecule has 1 unspecified atom stereocenters. The third-order valence-corrected chi connectivity index (χ3v) is 3.21. The van der Waals surface area contributed by atoms with E-state index in [4.69, 9.17) is 0 Å². The number of nitrogens with one attached hydrogen (secondary N) is 2. The average molecular weight is 286 g/mol. The van der Waals surface area contributed by atoms with E-state index in [2.05, 4.69) is 10.6 Å². The van der Waals surface area contributed by atoms with Crippen LogP contribution in [0.25, 0.3) is 0 Å². The second-order valence-electron chi connectivity index (χ2n) is 4.89. The average Bonchev–Trinajstić information content (AvgIpc) is 2.45. The molecule has 2 N–H and O–H groups in total. The first kappa shape index (κ1) is 15.0. The summed E-state index contributed by atoms with van der Waals surface area (Å²) in [5.41, 5.74) is 2.21. The van der Waals surface area contributed by atoms with Gasteiger partial charge in [-0.3, -0.25) is 4.79 Å². The van der Waals surface area contributed by atoms with Gasteiger partial charge in [-0.2, -0.15) is 0 Å². The van der Waals surface area contributed by atoms with Gasteiger partial charge in [-0.05, 0) is 30.7 Å². The molecule has 0 spiro atoms. The highest BCUT2D eigenvalue weighted by molar-refractivity contribution is 5.89. The monoisotopic (exact) mass is 286 g/mol. The van der Waals surface area contributed by atoms with Crippen molar-refractivity contribution in [2.75, 3.05) is 10.6 Å². The Hall–Kier alpha value is -2.36. The predicted molar refractivity (Wildman–Crippen MR) is 83.8 cm³/mol. The molecule has 0 aromatic heterocycles. The van der Waals surface area contributed by atoms with Gasteiger partial charge >= 0.3 is 0 Å². The fraction of sp³-hybridized carbons (Fsp3) is 0.235. The molecule has 2 aromatic rings. The Morgan fingerprint density at radius 3 is 2.52 bits per heavy atom. The summed E-state index contributed by atoms with van der Waals surface area (Å²) in [4.78, 5) is 11.1. The quantitative estimate of drug-likeness (QED) is 0.858. The molecular formula is C17H19FN2O. The zero-order valence-electron chi connectivity index (χ0n) is 12.2. The van der Waals surface area contributed by atoms with E-state index in [1.165, 1.54) is 13.0 Å². The lowest BCUT2D eigenvalue weighted by molar-refractivity contribution is -0.114. The summed E-state index contributed by atoms with van der Waals surface area (Å²) in [6.45, 7) is 3.47. The lowest BCUT2D eigenvalue weighted by Crippen LogP contribution is -2.12. The van der Waals surface area contributed by atoms with Gasteiger partial charge in [-0.15, -0.1) is 0 Å². The van der Waals surface area contributed by atoms with E-state index in [0.717, 1.165) is 17.8 Å². The van der Waals surface area contributed by atoms with E-state index in [-0.39, 0.29) is 17.8 Å². The number of benzene rings is 2. The van der Waals surface area contributed by atoms with Gasteiger partial charge < -0.3 is 10.6 Å².